The zero-order valence-electron chi connectivity index (χ0n) is 15.7. The molecular weight excluding hydrogens is 459 g/mol. The van der Waals surface area contributed by atoms with E-state index in [1.54, 1.807) is 44.2 Å². The van der Waals surface area contributed by atoms with Gasteiger partial charge in [-0.25, -0.2) is 12.8 Å². The van der Waals surface area contributed by atoms with Crippen molar-refractivity contribution in [3.05, 3.63) is 87.6 Å². The van der Waals surface area contributed by atoms with Gasteiger partial charge in [-0.1, -0.05) is 40.2 Å². The molecule has 0 spiro atoms. The van der Waals surface area contributed by atoms with E-state index < -0.39 is 21.7 Å². The molecule has 0 aliphatic rings. The van der Waals surface area contributed by atoms with Crippen LogP contribution < -0.4 is 10.0 Å². The first-order valence-electron chi connectivity index (χ1n) is 8.63. The smallest absolute Gasteiger partial charge is 0.262 e. The van der Waals surface area contributed by atoms with Crippen LogP contribution in [0.5, 0.6) is 0 Å². The number of rotatable bonds is 5. The van der Waals surface area contributed by atoms with E-state index in [1.807, 2.05) is 6.07 Å². The molecule has 0 heterocycles. The summed E-state index contributed by atoms with van der Waals surface area (Å²) in [6, 6.07) is 15.6. The monoisotopic (exact) mass is 476 g/mol. The summed E-state index contributed by atoms with van der Waals surface area (Å²) in [7, 11) is -3.92. The topological polar surface area (TPSA) is 75.3 Å². The lowest BCUT2D eigenvalue weighted by molar-refractivity contribution is 0.102. The van der Waals surface area contributed by atoms with Gasteiger partial charge >= 0.3 is 0 Å². The third kappa shape index (κ3) is 4.83. The standard InChI is InChI=1S/C21H18BrFN2O3S/c1-13-5-3-4-6-18(13)25-29(27,28)20-11-15(8-7-14(20)2)21(26)24-19-10-9-16(22)12-17(19)23/h3-12,25H,1-2H3,(H,24,26). The minimum Gasteiger partial charge on any atom is -0.319 e. The summed E-state index contributed by atoms with van der Waals surface area (Å²) in [5, 5.41) is 2.46. The molecule has 3 aromatic rings. The molecule has 0 radical (unpaired) electrons. The summed E-state index contributed by atoms with van der Waals surface area (Å²) >= 11 is 3.15. The van der Waals surface area contributed by atoms with Crippen LogP contribution in [0, 0.1) is 19.7 Å². The zero-order chi connectivity index (χ0) is 21.2. The lowest BCUT2D eigenvalue weighted by Gasteiger charge is -2.14. The number of hydrogen-bond donors (Lipinski definition) is 2. The number of hydrogen-bond acceptors (Lipinski definition) is 3. The molecule has 0 unspecified atom stereocenters. The second kappa shape index (κ2) is 8.34. The Kier molecular flexibility index (Phi) is 6.04. The van der Waals surface area contributed by atoms with Gasteiger partial charge in [-0.2, -0.15) is 0 Å². The molecule has 1 amide bonds. The minimum atomic E-state index is -3.92. The van der Waals surface area contributed by atoms with Gasteiger partial charge in [0.2, 0.25) is 0 Å². The maximum absolute atomic E-state index is 14.0. The Balaban J connectivity index is 1.91. The third-order valence-electron chi connectivity index (χ3n) is 4.31. The number of nitrogens with one attached hydrogen (secondary N) is 2. The van der Waals surface area contributed by atoms with E-state index in [-0.39, 0.29) is 16.1 Å². The van der Waals surface area contributed by atoms with Gasteiger partial charge in [0.1, 0.15) is 5.82 Å². The van der Waals surface area contributed by atoms with Gasteiger partial charge in [-0.15, -0.1) is 0 Å². The molecule has 0 aliphatic heterocycles. The van der Waals surface area contributed by atoms with Crippen LogP contribution in [0.25, 0.3) is 0 Å². The fourth-order valence-corrected chi connectivity index (χ4v) is 4.44. The Bertz CT molecular complexity index is 1200. The molecule has 3 aromatic carbocycles. The Morgan fingerprint density at radius 2 is 1.66 bits per heavy atom. The van der Waals surface area contributed by atoms with Crippen molar-refractivity contribution in [2.45, 2.75) is 18.7 Å². The highest BCUT2D eigenvalue weighted by Gasteiger charge is 2.20. The zero-order valence-corrected chi connectivity index (χ0v) is 18.1. The maximum atomic E-state index is 14.0. The van der Waals surface area contributed by atoms with Crippen LogP contribution in [-0.2, 0) is 10.0 Å². The Morgan fingerprint density at radius 3 is 2.34 bits per heavy atom. The third-order valence-corrected chi connectivity index (χ3v) is 6.31. The predicted molar refractivity (Wildman–Crippen MR) is 115 cm³/mol. The van der Waals surface area contributed by atoms with Crippen molar-refractivity contribution in [1.82, 2.24) is 0 Å². The number of aryl methyl sites for hydroxylation is 2. The number of anilines is 2. The van der Waals surface area contributed by atoms with E-state index in [2.05, 4.69) is 26.0 Å². The van der Waals surface area contributed by atoms with Crippen molar-refractivity contribution < 1.29 is 17.6 Å². The SMILES string of the molecule is Cc1ccccc1NS(=O)(=O)c1cc(C(=O)Nc2ccc(Br)cc2F)ccc1C. The summed E-state index contributed by atoms with van der Waals surface area (Å²) in [4.78, 5) is 12.5. The molecular formula is C21H18BrFN2O3S. The van der Waals surface area contributed by atoms with Crippen LogP contribution in [0.15, 0.2) is 70.0 Å². The summed E-state index contributed by atoms with van der Waals surface area (Å²) in [5.41, 5.74) is 1.81. The maximum Gasteiger partial charge on any atom is 0.262 e. The Labute approximate surface area is 177 Å². The molecule has 0 atom stereocenters. The molecule has 0 aliphatic carbocycles. The number of benzene rings is 3. The van der Waals surface area contributed by atoms with Crippen molar-refractivity contribution in [2.24, 2.45) is 0 Å². The fraction of sp³-hybridized carbons (Fsp3) is 0.0952. The van der Waals surface area contributed by atoms with Gasteiger partial charge in [0.25, 0.3) is 15.9 Å². The molecule has 0 fully saturated rings. The van der Waals surface area contributed by atoms with E-state index in [9.17, 15) is 17.6 Å². The van der Waals surface area contributed by atoms with Gasteiger partial charge < -0.3 is 5.32 Å². The van der Waals surface area contributed by atoms with Crippen LogP contribution >= 0.6 is 15.9 Å². The number of amides is 1. The van der Waals surface area contributed by atoms with Crippen molar-refractivity contribution in [2.75, 3.05) is 10.0 Å². The predicted octanol–water partition coefficient (Wildman–Crippen LogP) is 5.26. The van der Waals surface area contributed by atoms with Crippen molar-refractivity contribution in [3.63, 3.8) is 0 Å². The molecule has 0 aromatic heterocycles. The highest BCUT2D eigenvalue weighted by atomic mass is 79.9. The molecule has 2 N–H and O–H groups in total. The second-order valence-electron chi connectivity index (χ2n) is 6.48. The second-order valence-corrected chi connectivity index (χ2v) is 9.05. The average molecular weight is 477 g/mol. The summed E-state index contributed by atoms with van der Waals surface area (Å²) in [5.74, 6) is -1.22. The highest BCUT2D eigenvalue weighted by Crippen LogP contribution is 2.24. The first-order valence-corrected chi connectivity index (χ1v) is 10.9. The Morgan fingerprint density at radius 1 is 0.931 bits per heavy atom. The molecule has 0 saturated carbocycles. The van der Waals surface area contributed by atoms with Crippen LogP contribution in [0.1, 0.15) is 21.5 Å². The van der Waals surface area contributed by atoms with Crippen LogP contribution in [0.4, 0.5) is 15.8 Å². The quantitative estimate of drug-likeness (QED) is 0.527. The molecule has 0 saturated heterocycles. The van der Waals surface area contributed by atoms with Gasteiger partial charge in [0, 0.05) is 10.0 Å². The summed E-state index contributed by atoms with van der Waals surface area (Å²) in [6.07, 6.45) is 0. The van der Waals surface area contributed by atoms with E-state index in [1.165, 1.54) is 24.3 Å². The van der Waals surface area contributed by atoms with E-state index in [0.29, 0.717) is 15.7 Å². The number of carbonyl (C=O) groups excluding carboxylic acids is 1. The Hall–Kier alpha value is -2.71. The van der Waals surface area contributed by atoms with Gasteiger partial charge in [0.15, 0.2) is 0 Å². The molecule has 3 rings (SSSR count). The van der Waals surface area contributed by atoms with Crippen LogP contribution in [0.3, 0.4) is 0 Å². The number of sulfonamides is 1. The first kappa shape index (κ1) is 21.0. The van der Waals surface area contributed by atoms with Gasteiger partial charge in [-0.05, 0) is 61.4 Å². The van der Waals surface area contributed by atoms with Crippen LogP contribution in [-0.4, -0.2) is 14.3 Å². The molecule has 29 heavy (non-hydrogen) atoms. The molecule has 8 heteroatoms. The van der Waals surface area contributed by atoms with Gasteiger partial charge in [-0.3, -0.25) is 9.52 Å². The normalized spacial score (nSPS) is 11.2. The lowest BCUT2D eigenvalue weighted by atomic mass is 10.1. The summed E-state index contributed by atoms with van der Waals surface area (Å²) < 4.78 is 42.9. The average Bonchev–Trinajstić information content (AvgIpc) is 2.66. The molecule has 150 valence electrons. The van der Waals surface area contributed by atoms with Crippen molar-refractivity contribution in [1.29, 1.82) is 0 Å². The van der Waals surface area contributed by atoms with Crippen molar-refractivity contribution >= 4 is 43.2 Å². The number of halogens is 2. The fourth-order valence-electron chi connectivity index (χ4n) is 2.70. The van der Waals surface area contributed by atoms with Crippen LogP contribution in [0.2, 0.25) is 0 Å². The van der Waals surface area contributed by atoms with E-state index in [4.69, 9.17) is 0 Å². The first-order chi connectivity index (χ1) is 13.7. The minimum absolute atomic E-state index is 0.00113. The molecule has 0 bridgehead atoms. The van der Waals surface area contributed by atoms with Crippen molar-refractivity contribution in [3.8, 4) is 0 Å². The lowest BCUT2D eigenvalue weighted by Crippen LogP contribution is -2.18. The summed E-state index contributed by atoms with van der Waals surface area (Å²) in [6.45, 7) is 3.43. The number of para-hydroxylation sites is 1. The number of carbonyl (C=O) groups is 1. The van der Waals surface area contributed by atoms with E-state index >= 15 is 0 Å². The highest BCUT2D eigenvalue weighted by molar-refractivity contribution is 9.10. The van der Waals surface area contributed by atoms with E-state index in [0.717, 1.165) is 5.56 Å². The molecule has 5 nitrogen and oxygen atoms in total. The van der Waals surface area contributed by atoms with Gasteiger partial charge in [0.05, 0.1) is 16.3 Å². The largest absolute Gasteiger partial charge is 0.319 e.